The number of aromatic nitrogens is 2. The van der Waals surface area contributed by atoms with Crippen molar-refractivity contribution in [2.75, 3.05) is 20.1 Å². The molecule has 0 spiro atoms. The summed E-state index contributed by atoms with van der Waals surface area (Å²) in [6.45, 7) is 7.20. The van der Waals surface area contributed by atoms with Gasteiger partial charge in [0.05, 0.1) is 6.20 Å². The summed E-state index contributed by atoms with van der Waals surface area (Å²) >= 11 is 0. The van der Waals surface area contributed by atoms with Gasteiger partial charge in [-0.2, -0.15) is 5.10 Å². The zero-order valence-electron chi connectivity index (χ0n) is 13.5. The first-order chi connectivity index (χ1) is 9.66. The lowest BCUT2D eigenvalue weighted by atomic mass is 9.80. The molecule has 1 atom stereocenters. The molecule has 20 heavy (non-hydrogen) atoms. The minimum atomic E-state index is 0.279. The van der Waals surface area contributed by atoms with Gasteiger partial charge in [-0.3, -0.25) is 9.58 Å². The molecule has 1 aliphatic rings. The minimum absolute atomic E-state index is 0.279. The molecule has 1 aliphatic heterocycles. The molecule has 0 saturated carbocycles. The Bertz CT molecular complexity index is 402. The molecular weight excluding hydrogens is 248 g/mol. The van der Waals surface area contributed by atoms with E-state index in [1.165, 1.54) is 44.3 Å². The van der Waals surface area contributed by atoms with Gasteiger partial charge < -0.3 is 5.32 Å². The van der Waals surface area contributed by atoms with Crippen LogP contribution in [-0.4, -0.2) is 46.4 Å². The average Bonchev–Trinajstić information content (AvgIpc) is 3.11. The lowest BCUT2D eigenvalue weighted by molar-refractivity contribution is 0.0650. The van der Waals surface area contributed by atoms with Gasteiger partial charge >= 0.3 is 0 Å². The predicted octanol–water partition coefficient (Wildman–Crippen LogP) is 2.21. The molecule has 0 amide bonds. The van der Waals surface area contributed by atoms with Gasteiger partial charge in [0.2, 0.25) is 0 Å². The van der Waals surface area contributed by atoms with E-state index in [1.54, 1.807) is 0 Å². The van der Waals surface area contributed by atoms with E-state index in [0.717, 1.165) is 6.42 Å². The van der Waals surface area contributed by atoms with E-state index in [9.17, 15) is 0 Å². The van der Waals surface area contributed by atoms with Crippen LogP contribution in [0.25, 0.3) is 0 Å². The summed E-state index contributed by atoms with van der Waals surface area (Å²) in [5.74, 6) is 0. The fourth-order valence-corrected chi connectivity index (χ4v) is 3.95. The molecule has 1 N–H and O–H groups in total. The van der Waals surface area contributed by atoms with E-state index in [2.05, 4.69) is 42.4 Å². The van der Waals surface area contributed by atoms with Crippen molar-refractivity contribution in [1.82, 2.24) is 20.0 Å². The van der Waals surface area contributed by atoms with Crippen LogP contribution in [0.15, 0.2) is 12.4 Å². The molecule has 4 heteroatoms. The minimum Gasteiger partial charge on any atom is -0.315 e. The van der Waals surface area contributed by atoms with Crippen molar-refractivity contribution in [1.29, 1.82) is 0 Å². The molecule has 1 aromatic rings. The summed E-state index contributed by atoms with van der Waals surface area (Å²) in [5, 5.41) is 7.91. The number of hydrogen-bond donors (Lipinski definition) is 1. The van der Waals surface area contributed by atoms with Crippen molar-refractivity contribution >= 4 is 0 Å². The van der Waals surface area contributed by atoms with Crippen molar-refractivity contribution in [3.63, 3.8) is 0 Å². The molecule has 1 fully saturated rings. The highest BCUT2D eigenvalue weighted by Crippen LogP contribution is 2.32. The van der Waals surface area contributed by atoms with Gasteiger partial charge in [0.1, 0.15) is 0 Å². The maximum absolute atomic E-state index is 4.31. The number of likely N-dealkylation sites (N-methyl/N-ethyl adjacent to an activating group) is 1. The lowest BCUT2D eigenvalue weighted by Crippen LogP contribution is -2.60. The first-order valence-corrected chi connectivity index (χ1v) is 8.06. The molecule has 114 valence electrons. The van der Waals surface area contributed by atoms with Crippen molar-refractivity contribution in [3.8, 4) is 0 Å². The highest BCUT2D eigenvalue weighted by molar-refractivity contribution is 5.11. The third-order valence-corrected chi connectivity index (χ3v) is 5.16. The summed E-state index contributed by atoms with van der Waals surface area (Å²) < 4.78 is 1.90. The molecule has 1 unspecified atom stereocenters. The van der Waals surface area contributed by atoms with Crippen LogP contribution < -0.4 is 5.32 Å². The second kappa shape index (κ2) is 6.72. The van der Waals surface area contributed by atoms with Crippen molar-refractivity contribution < 1.29 is 0 Å². The highest BCUT2D eigenvalue weighted by Gasteiger charge is 2.41. The Kier molecular flexibility index (Phi) is 5.22. The van der Waals surface area contributed by atoms with Crippen LogP contribution in [0.4, 0.5) is 0 Å². The third kappa shape index (κ3) is 2.91. The molecule has 1 aromatic heterocycles. The van der Waals surface area contributed by atoms with Crippen molar-refractivity contribution in [3.05, 3.63) is 18.0 Å². The van der Waals surface area contributed by atoms with Crippen LogP contribution >= 0.6 is 0 Å². The zero-order valence-corrected chi connectivity index (χ0v) is 13.5. The summed E-state index contributed by atoms with van der Waals surface area (Å²) in [7, 11) is 4.10. The van der Waals surface area contributed by atoms with Crippen LogP contribution in [0.3, 0.4) is 0 Å². The van der Waals surface area contributed by atoms with Gasteiger partial charge in [-0.25, -0.2) is 0 Å². The quantitative estimate of drug-likeness (QED) is 0.830. The molecule has 2 heterocycles. The predicted molar refractivity (Wildman–Crippen MR) is 83.9 cm³/mol. The largest absolute Gasteiger partial charge is 0.315 e. The molecule has 2 rings (SSSR count). The van der Waals surface area contributed by atoms with Gasteiger partial charge in [-0.05, 0) is 57.8 Å². The molecule has 0 bridgehead atoms. The van der Waals surface area contributed by atoms with Crippen LogP contribution in [-0.2, 0) is 13.5 Å². The van der Waals surface area contributed by atoms with Crippen LogP contribution in [0, 0.1) is 0 Å². The standard InChI is InChI=1S/C16H30N4/c1-5-16(6-2,20-9-7-8-10-20)15(17-3)11-14-12-18-19(4)13-14/h12-13,15,17H,5-11H2,1-4H3. The van der Waals surface area contributed by atoms with Gasteiger partial charge in [0.25, 0.3) is 0 Å². The van der Waals surface area contributed by atoms with E-state index in [0.29, 0.717) is 6.04 Å². The van der Waals surface area contributed by atoms with Gasteiger partial charge in [0, 0.05) is 24.8 Å². The Morgan fingerprint density at radius 3 is 2.40 bits per heavy atom. The summed E-state index contributed by atoms with van der Waals surface area (Å²) in [6.07, 6.45) is 10.3. The number of nitrogens with zero attached hydrogens (tertiary/aromatic N) is 3. The Labute approximate surface area is 123 Å². The Morgan fingerprint density at radius 2 is 1.95 bits per heavy atom. The lowest BCUT2D eigenvalue weighted by Gasteiger charge is -2.47. The summed E-state index contributed by atoms with van der Waals surface area (Å²) in [4.78, 5) is 2.73. The second-order valence-corrected chi connectivity index (χ2v) is 6.07. The molecule has 1 saturated heterocycles. The van der Waals surface area contributed by atoms with Gasteiger partial charge in [0.15, 0.2) is 0 Å². The van der Waals surface area contributed by atoms with E-state index in [4.69, 9.17) is 0 Å². The smallest absolute Gasteiger partial charge is 0.0522 e. The number of hydrogen-bond acceptors (Lipinski definition) is 3. The maximum Gasteiger partial charge on any atom is 0.0522 e. The van der Waals surface area contributed by atoms with Crippen LogP contribution in [0.2, 0.25) is 0 Å². The number of nitrogens with one attached hydrogen (secondary N) is 1. The Hall–Kier alpha value is -0.870. The highest BCUT2D eigenvalue weighted by atomic mass is 15.3. The fraction of sp³-hybridized carbons (Fsp3) is 0.812. The SMILES string of the molecule is CCC(CC)(C(Cc1cnn(C)c1)NC)N1CCCC1. The molecule has 0 aromatic carbocycles. The normalized spacial score (nSPS) is 18.6. The average molecular weight is 278 g/mol. The first kappa shape index (κ1) is 15.5. The molecule has 0 radical (unpaired) electrons. The maximum atomic E-state index is 4.31. The van der Waals surface area contributed by atoms with Crippen LogP contribution in [0.1, 0.15) is 45.1 Å². The second-order valence-electron chi connectivity index (χ2n) is 6.07. The van der Waals surface area contributed by atoms with Crippen LogP contribution in [0.5, 0.6) is 0 Å². The van der Waals surface area contributed by atoms with Crippen molar-refractivity contribution in [2.45, 2.75) is 57.5 Å². The number of rotatable bonds is 7. The Balaban J connectivity index is 2.19. The fourth-order valence-electron chi connectivity index (χ4n) is 3.95. The molecular formula is C16H30N4. The zero-order chi connectivity index (χ0) is 14.6. The van der Waals surface area contributed by atoms with E-state index in [1.807, 2.05) is 17.9 Å². The number of likely N-dealkylation sites (tertiary alicyclic amines) is 1. The topological polar surface area (TPSA) is 33.1 Å². The first-order valence-electron chi connectivity index (χ1n) is 8.06. The number of aryl methyl sites for hydroxylation is 1. The van der Waals surface area contributed by atoms with E-state index < -0.39 is 0 Å². The monoisotopic (exact) mass is 278 g/mol. The van der Waals surface area contributed by atoms with Crippen molar-refractivity contribution in [2.24, 2.45) is 7.05 Å². The summed E-state index contributed by atoms with van der Waals surface area (Å²) in [6, 6.07) is 0.486. The molecule has 4 nitrogen and oxygen atoms in total. The van der Waals surface area contributed by atoms with Gasteiger partial charge in [-0.15, -0.1) is 0 Å². The Morgan fingerprint density at radius 1 is 1.30 bits per heavy atom. The van der Waals surface area contributed by atoms with Gasteiger partial charge in [-0.1, -0.05) is 13.8 Å². The summed E-state index contributed by atoms with van der Waals surface area (Å²) in [5.41, 5.74) is 1.61. The molecule has 0 aliphatic carbocycles. The third-order valence-electron chi connectivity index (χ3n) is 5.16. The van der Waals surface area contributed by atoms with E-state index >= 15 is 0 Å². The van der Waals surface area contributed by atoms with E-state index in [-0.39, 0.29) is 5.54 Å².